The highest BCUT2D eigenvalue weighted by atomic mass is 16.7. The van der Waals surface area contributed by atoms with Gasteiger partial charge < -0.3 is 4.84 Å². The van der Waals surface area contributed by atoms with E-state index < -0.39 is 5.97 Å². The number of aromatic nitrogens is 3. The molecule has 2 aromatic carbocycles. The van der Waals surface area contributed by atoms with Crippen LogP contribution in [0.4, 0.5) is 0 Å². The molecule has 0 unspecified atom stereocenters. The second-order valence-electron chi connectivity index (χ2n) is 4.81. The lowest BCUT2D eigenvalue weighted by Crippen LogP contribution is -2.10. The van der Waals surface area contributed by atoms with Crippen molar-refractivity contribution in [3.05, 3.63) is 60.2 Å². The molecule has 1 heterocycles. The van der Waals surface area contributed by atoms with Gasteiger partial charge in [0.2, 0.25) is 0 Å². The fourth-order valence-corrected chi connectivity index (χ4v) is 2.03. The van der Waals surface area contributed by atoms with Gasteiger partial charge in [-0.3, -0.25) is 0 Å². The largest absolute Gasteiger partial charge is 0.365 e. The van der Waals surface area contributed by atoms with Crippen molar-refractivity contribution in [2.45, 2.75) is 13.5 Å². The molecule has 0 aliphatic carbocycles. The molecule has 0 atom stereocenters. The van der Waals surface area contributed by atoms with Crippen LogP contribution in [0.5, 0.6) is 0 Å². The summed E-state index contributed by atoms with van der Waals surface area (Å²) in [5, 5.41) is 12.0. The van der Waals surface area contributed by atoms with Crippen LogP contribution in [0.2, 0.25) is 0 Å². The summed E-state index contributed by atoms with van der Waals surface area (Å²) in [7, 11) is 0. The lowest BCUT2D eigenvalue weighted by molar-refractivity contribution is 0.0514. The number of fused-ring (bicyclic) bond motifs is 1. The van der Waals surface area contributed by atoms with Crippen LogP contribution in [-0.4, -0.2) is 26.7 Å². The first-order valence-electron chi connectivity index (χ1n) is 6.82. The van der Waals surface area contributed by atoms with Gasteiger partial charge in [0, 0.05) is 0 Å². The first-order valence-corrected chi connectivity index (χ1v) is 6.82. The number of rotatable bonds is 4. The second kappa shape index (κ2) is 6.17. The maximum atomic E-state index is 11.8. The molecule has 0 aliphatic rings. The van der Waals surface area contributed by atoms with E-state index in [1.807, 2.05) is 30.3 Å². The summed E-state index contributed by atoms with van der Waals surface area (Å²) in [6, 6.07) is 16.4. The van der Waals surface area contributed by atoms with Crippen molar-refractivity contribution in [3.8, 4) is 0 Å². The molecule has 6 heteroatoms. The standard InChI is InChI=1S/C16H14N4O2/c1-12(18-22-16(21)13-7-3-2-4-8-13)11-20-15-10-6-5-9-14(15)17-19-20/h2-10H,11H2,1H3. The lowest BCUT2D eigenvalue weighted by Gasteiger charge is -2.02. The molecule has 0 spiro atoms. The van der Waals surface area contributed by atoms with E-state index in [2.05, 4.69) is 15.5 Å². The summed E-state index contributed by atoms with van der Waals surface area (Å²) in [5.41, 5.74) is 2.81. The number of carbonyl (C=O) groups is 1. The Bertz CT molecular complexity index is 824. The quantitative estimate of drug-likeness (QED) is 0.421. The summed E-state index contributed by atoms with van der Waals surface area (Å²) in [4.78, 5) is 16.7. The van der Waals surface area contributed by atoms with Crippen LogP contribution in [0.25, 0.3) is 11.0 Å². The van der Waals surface area contributed by atoms with E-state index in [0.29, 0.717) is 17.8 Å². The Morgan fingerprint density at radius 1 is 1.14 bits per heavy atom. The van der Waals surface area contributed by atoms with E-state index >= 15 is 0 Å². The molecule has 0 amide bonds. The fraction of sp³-hybridized carbons (Fsp3) is 0.125. The van der Waals surface area contributed by atoms with Gasteiger partial charge in [-0.2, -0.15) is 0 Å². The Morgan fingerprint density at radius 3 is 2.68 bits per heavy atom. The van der Waals surface area contributed by atoms with Gasteiger partial charge >= 0.3 is 5.97 Å². The van der Waals surface area contributed by atoms with Crippen molar-refractivity contribution in [2.75, 3.05) is 0 Å². The molecule has 0 bridgehead atoms. The Labute approximate surface area is 127 Å². The molecule has 0 saturated heterocycles. The van der Waals surface area contributed by atoms with E-state index in [9.17, 15) is 4.79 Å². The highest BCUT2D eigenvalue weighted by Crippen LogP contribution is 2.09. The van der Waals surface area contributed by atoms with Crippen LogP contribution in [0.1, 0.15) is 17.3 Å². The molecule has 110 valence electrons. The third-order valence-electron chi connectivity index (χ3n) is 3.09. The number of oxime groups is 1. The molecular weight excluding hydrogens is 280 g/mol. The average Bonchev–Trinajstić information content (AvgIpc) is 2.97. The molecular formula is C16H14N4O2. The highest BCUT2D eigenvalue weighted by Gasteiger charge is 2.07. The second-order valence-corrected chi connectivity index (χ2v) is 4.81. The zero-order valence-electron chi connectivity index (χ0n) is 12.0. The molecule has 22 heavy (non-hydrogen) atoms. The van der Waals surface area contributed by atoms with Crippen LogP contribution in [0.15, 0.2) is 59.8 Å². The molecule has 3 rings (SSSR count). The topological polar surface area (TPSA) is 69.4 Å². The zero-order valence-corrected chi connectivity index (χ0v) is 12.0. The van der Waals surface area contributed by atoms with E-state index in [1.165, 1.54) is 0 Å². The van der Waals surface area contributed by atoms with Crippen molar-refractivity contribution in [3.63, 3.8) is 0 Å². The average molecular weight is 294 g/mol. The van der Waals surface area contributed by atoms with Crippen LogP contribution in [-0.2, 0) is 11.4 Å². The Morgan fingerprint density at radius 2 is 1.86 bits per heavy atom. The van der Waals surface area contributed by atoms with E-state index in [4.69, 9.17) is 4.84 Å². The molecule has 6 nitrogen and oxygen atoms in total. The third-order valence-corrected chi connectivity index (χ3v) is 3.09. The van der Waals surface area contributed by atoms with Crippen molar-refractivity contribution in [2.24, 2.45) is 5.16 Å². The summed E-state index contributed by atoms with van der Waals surface area (Å²) in [6.07, 6.45) is 0. The summed E-state index contributed by atoms with van der Waals surface area (Å²) in [6.45, 7) is 2.18. The van der Waals surface area contributed by atoms with E-state index in [0.717, 1.165) is 11.0 Å². The molecule has 1 aromatic heterocycles. The van der Waals surface area contributed by atoms with Crippen molar-refractivity contribution in [1.29, 1.82) is 0 Å². The predicted octanol–water partition coefficient (Wildman–Crippen LogP) is 2.66. The first-order chi connectivity index (χ1) is 10.7. The predicted molar refractivity (Wildman–Crippen MR) is 82.5 cm³/mol. The minimum atomic E-state index is -0.483. The Hall–Kier alpha value is -3.02. The number of hydrogen-bond donors (Lipinski definition) is 0. The number of benzene rings is 2. The lowest BCUT2D eigenvalue weighted by atomic mass is 10.2. The van der Waals surface area contributed by atoms with Gasteiger partial charge in [0.15, 0.2) is 0 Å². The van der Waals surface area contributed by atoms with Crippen molar-refractivity contribution < 1.29 is 9.63 Å². The minimum Gasteiger partial charge on any atom is -0.313 e. The van der Waals surface area contributed by atoms with Crippen LogP contribution >= 0.6 is 0 Å². The molecule has 0 radical (unpaired) electrons. The highest BCUT2D eigenvalue weighted by molar-refractivity contribution is 5.90. The van der Waals surface area contributed by atoms with E-state index in [1.54, 1.807) is 35.9 Å². The maximum absolute atomic E-state index is 11.8. The molecule has 3 aromatic rings. The van der Waals surface area contributed by atoms with Crippen LogP contribution in [0, 0.1) is 0 Å². The van der Waals surface area contributed by atoms with Crippen molar-refractivity contribution in [1.82, 2.24) is 15.0 Å². The first kappa shape index (κ1) is 13.9. The smallest absolute Gasteiger partial charge is 0.313 e. The van der Waals surface area contributed by atoms with Gasteiger partial charge in [0.25, 0.3) is 0 Å². The molecule has 0 N–H and O–H groups in total. The van der Waals surface area contributed by atoms with Gasteiger partial charge in [0.05, 0.1) is 23.3 Å². The normalized spacial score (nSPS) is 11.6. The SMILES string of the molecule is CC(Cn1nnc2ccccc21)=NOC(=O)c1ccccc1. The Kier molecular flexibility index (Phi) is 3.91. The van der Waals surface area contributed by atoms with Gasteiger partial charge in [-0.15, -0.1) is 5.10 Å². The minimum absolute atomic E-state index is 0.405. The molecule has 0 fully saturated rings. The third kappa shape index (κ3) is 3.01. The van der Waals surface area contributed by atoms with Crippen molar-refractivity contribution >= 4 is 22.7 Å². The number of para-hydroxylation sites is 1. The number of carbonyl (C=O) groups excluding carboxylic acids is 1. The van der Waals surface area contributed by atoms with Gasteiger partial charge in [-0.1, -0.05) is 40.7 Å². The van der Waals surface area contributed by atoms with Crippen LogP contribution < -0.4 is 0 Å². The maximum Gasteiger partial charge on any atom is 0.365 e. The van der Waals surface area contributed by atoms with Gasteiger partial charge in [-0.05, 0) is 31.2 Å². The Balaban J connectivity index is 1.69. The van der Waals surface area contributed by atoms with Gasteiger partial charge in [-0.25, -0.2) is 9.48 Å². The number of nitrogens with zero attached hydrogens (tertiary/aromatic N) is 4. The fourth-order valence-electron chi connectivity index (χ4n) is 2.03. The molecule has 0 aliphatic heterocycles. The monoisotopic (exact) mass is 294 g/mol. The van der Waals surface area contributed by atoms with E-state index in [-0.39, 0.29) is 0 Å². The molecule has 0 saturated carbocycles. The van der Waals surface area contributed by atoms with Gasteiger partial charge in [0.1, 0.15) is 5.52 Å². The zero-order chi connectivity index (χ0) is 15.4. The summed E-state index contributed by atoms with van der Waals surface area (Å²) >= 11 is 0. The number of hydrogen-bond acceptors (Lipinski definition) is 5. The van der Waals surface area contributed by atoms with Crippen LogP contribution in [0.3, 0.4) is 0 Å². The summed E-state index contributed by atoms with van der Waals surface area (Å²) < 4.78 is 1.71. The summed E-state index contributed by atoms with van der Waals surface area (Å²) in [5.74, 6) is -0.483.